The Kier molecular flexibility index (Phi) is 7.82. The van der Waals surface area contributed by atoms with Crippen molar-refractivity contribution in [3.8, 4) is 6.07 Å². The Balaban J connectivity index is 1.71. The number of carbonyl (C=O) groups is 3. The van der Waals surface area contributed by atoms with Crippen LogP contribution in [-0.4, -0.2) is 84.0 Å². The normalized spacial score (nSPS) is 27.9. The Morgan fingerprint density at radius 2 is 1.91 bits per heavy atom. The van der Waals surface area contributed by atoms with Crippen LogP contribution in [0.1, 0.15) is 40.0 Å². The van der Waals surface area contributed by atoms with Crippen LogP contribution < -0.4 is 5.32 Å². The van der Waals surface area contributed by atoms with E-state index in [1.165, 1.54) is 0 Å². The third-order valence-electron chi connectivity index (χ3n) is 6.61. The molecule has 0 aromatic heterocycles. The lowest BCUT2D eigenvalue weighted by Gasteiger charge is -2.41. The SMILES string of the molecule is CC(C)(C)OC(=O)N[C@]1(C2CCN(C(=O)OCC[Si](C)(C)C)CC2)C[C@@H]2SC[C@@H](C#N)N2C1=O. The highest BCUT2D eigenvalue weighted by atomic mass is 32.2. The second kappa shape index (κ2) is 9.97. The zero-order chi connectivity index (χ0) is 25.3. The van der Waals surface area contributed by atoms with Gasteiger partial charge in [0.1, 0.15) is 17.2 Å². The lowest BCUT2D eigenvalue weighted by molar-refractivity contribution is -0.136. The first kappa shape index (κ1) is 26.7. The third-order valence-corrected chi connectivity index (χ3v) is 9.60. The van der Waals surface area contributed by atoms with E-state index in [0.29, 0.717) is 44.7 Å². The number of thioether (sulfide) groups is 1. The van der Waals surface area contributed by atoms with Crippen molar-refractivity contribution in [1.82, 2.24) is 15.1 Å². The molecule has 0 radical (unpaired) electrons. The lowest BCUT2D eigenvalue weighted by Crippen LogP contribution is -2.62. The van der Waals surface area contributed by atoms with E-state index in [4.69, 9.17) is 9.47 Å². The summed E-state index contributed by atoms with van der Waals surface area (Å²) in [6.45, 7) is 13.4. The van der Waals surface area contributed by atoms with Crippen LogP contribution in [0.4, 0.5) is 9.59 Å². The molecule has 9 nitrogen and oxygen atoms in total. The molecule has 3 rings (SSSR count). The number of carbonyl (C=O) groups excluding carboxylic acids is 3. The summed E-state index contributed by atoms with van der Waals surface area (Å²) in [5.41, 5.74) is -1.83. The molecule has 0 saturated carbocycles. The molecule has 3 aliphatic heterocycles. The molecule has 3 atom stereocenters. The number of fused-ring (bicyclic) bond motifs is 1. The maximum absolute atomic E-state index is 13.7. The van der Waals surface area contributed by atoms with Crippen molar-refractivity contribution < 1.29 is 23.9 Å². The van der Waals surface area contributed by atoms with Gasteiger partial charge in [0.25, 0.3) is 5.91 Å². The fraction of sp³-hybridized carbons (Fsp3) is 0.826. The molecule has 3 fully saturated rings. The molecular formula is C23H38N4O5SSi. The second-order valence-electron chi connectivity index (χ2n) is 11.6. The van der Waals surface area contributed by atoms with Crippen molar-refractivity contribution in [2.75, 3.05) is 25.4 Å². The number of alkyl carbamates (subject to hydrolysis) is 1. The average molecular weight is 511 g/mol. The van der Waals surface area contributed by atoms with E-state index in [1.54, 1.807) is 42.3 Å². The monoisotopic (exact) mass is 510 g/mol. The van der Waals surface area contributed by atoms with Gasteiger partial charge in [-0.1, -0.05) is 19.6 Å². The number of hydrogen-bond donors (Lipinski definition) is 1. The van der Waals surface area contributed by atoms with E-state index >= 15 is 0 Å². The predicted molar refractivity (Wildman–Crippen MR) is 133 cm³/mol. The van der Waals surface area contributed by atoms with Gasteiger partial charge in [-0.25, -0.2) is 9.59 Å². The predicted octanol–water partition coefficient (Wildman–Crippen LogP) is 3.63. The second-order valence-corrected chi connectivity index (χ2v) is 18.5. The molecule has 0 aromatic rings. The number of hydrogen-bond acceptors (Lipinski definition) is 7. The van der Waals surface area contributed by atoms with Crippen molar-refractivity contribution in [3.05, 3.63) is 0 Å². The minimum absolute atomic E-state index is 0.142. The van der Waals surface area contributed by atoms with Gasteiger partial charge in [0.2, 0.25) is 0 Å². The minimum Gasteiger partial charge on any atom is -0.450 e. The number of likely N-dealkylation sites (tertiary alicyclic amines) is 1. The number of ether oxygens (including phenoxy) is 2. The van der Waals surface area contributed by atoms with Crippen LogP contribution in [0.2, 0.25) is 25.7 Å². The summed E-state index contributed by atoms with van der Waals surface area (Å²) in [6, 6.07) is 2.65. The topological polar surface area (TPSA) is 112 Å². The molecule has 3 amide bonds. The van der Waals surface area contributed by atoms with Crippen molar-refractivity contribution in [2.24, 2.45) is 5.92 Å². The number of piperidine rings is 1. The first-order chi connectivity index (χ1) is 15.8. The molecule has 0 aliphatic carbocycles. The summed E-state index contributed by atoms with van der Waals surface area (Å²) in [5, 5.41) is 12.3. The average Bonchev–Trinajstić information content (AvgIpc) is 3.24. The molecular weight excluding hydrogens is 472 g/mol. The Morgan fingerprint density at radius 1 is 1.26 bits per heavy atom. The van der Waals surface area contributed by atoms with Crippen molar-refractivity contribution in [1.29, 1.82) is 5.26 Å². The summed E-state index contributed by atoms with van der Waals surface area (Å²) in [6.07, 6.45) is 0.609. The number of nitrogens with one attached hydrogen (secondary N) is 1. The zero-order valence-corrected chi connectivity index (χ0v) is 23.0. The maximum Gasteiger partial charge on any atom is 0.409 e. The fourth-order valence-corrected chi connectivity index (χ4v) is 6.95. The van der Waals surface area contributed by atoms with Gasteiger partial charge in [0.15, 0.2) is 0 Å². The molecule has 3 heterocycles. The van der Waals surface area contributed by atoms with E-state index in [0.717, 1.165) is 6.04 Å². The van der Waals surface area contributed by atoms with E-state index < -0.39 is 31.3 Å². The minimum atomic E-state index is -1.29. The van der Waals surface area contributed by atoms with Gasteiger partial charge >= 0.3 is 12.2 Å². The highest BCUT2D eigenvalue weighted by Crippen LogP contribution is 2.47. The van der Waals surface area contributed by atoms with E-state index in [1.807, 2.05) is 0 Å². The van der Waals surface area contributed by atoms with Gasteiger partial charge in [-0.3, -0.25) is 4.79 Å². The molecule has 11 heteroatoms. The molecule has 3 aliphatic rings. The van der Waals surface area contributed by atoms with Crippen LogP contribution in [0.15, 0.2) is 0 Å². The fourth-order valence-electron chi connectivity index (χ4n) is 4.81. The molecule has 0 aromatic carbocycles. The van der Waals surface area contributed by atoms with Gasteiger partial charge in [-0.05, 0) is 45.6 Å². The van der Waals surface area contributed by atoms with Gasteiger partial charge in [0, 0.05) is 33.3 Å². The largest absolute Gasteiger partial charge is 0.450 e. The number of amides is 3. The summed E-state index contributed by atoms with van der Waals surface area (Å²) >= 11 is 1.58. The summed E-state index contributed by atoms with van der Waals surface area (Å²) in [5.74, 6) is 0.206. The lowest BCUT2D eigenvalue weighted by atomic mass is 9.76. The van der Waals surface area contributed by atoms with Gasteiger partial charge in [-0.2, -0.15) is 5.26 Å². The van der Waals surface area contributed by atoms with Crippen molar-refractivity contribution >= 4 is 37.9 Å². The summed E-state index contributed by atoms with van der Waals surface area (Å²) in [4.78, 5) is 42.4. The summed E-state index contributed by atoms with van der Waals surface area (Å²) in [7, 11) is -1.29. The first-order valence-corrected chi connectivity index (χ1v) is 16.8. The number of nitrogens with zero attached hydrogens (tertiary/aromatic N) is 3. The van der Waals surface area contributed by atoms with Crippen LogP contribution in [0.3, 0.4) is 0 Å². The molecule has 0 bridgehead atoms. The number of nitriles is 1. The smallest absolute Gasteiger partial charge is 0.409 e. The van der Waals surface area contributed by atoms with E-state index in [2.05, 4.69) is 31.0 Å². The van der Waals surface area contributed by atoms with Gasteiger partial charge in [-0.15, -0.1) is 11.8 Å². The van der Waals surface area contributed by atoms with Crippen molar-refractivity contribution in [2.45, 2.75) is 88.3 Å². The van der Waals surface area contributed by atoms with Crippen molar-refractivity contribution in [3.63, 3.8) is 0 Å². The first-order valence-electron chi connectivity index (χ1n) is 12.0. The number of rotatable bonds is 5. The summed E-state index contributed by atoms with van der Waals surface area (Å²) < 4.78 is 11.0. The molecule has 0 spiro atoms. The van der Waals surface area contributed by atoms with Gasteiger partial charge in [0.05, 0.1) is 18.0 Å². The quantitative estimate of drug-likeness (QED) is 0.562. The highest BCUT2D eigenvalue weighted by Gasteiger charge is 2.61. The van der Waals surface area contributed by atoms with Crippen LogP contribution in [0, 0.1) is 17.2 Å². The van der Waals surface area contributed by atoms with Crippen LogP contribution in [0.25, 0.3) is 0 Å². The van der Waals surface area contributed by atoms with Gasteiger partial charge < -0.3 is 24.6 Å². The zero-order valence-electron chi connectivity index (χ0n) is 21.2. The van der Waals surface area contributed by atoms with Crippen LogP contribution in [-0.2, 0) is 14.3 Å². The standard InChI is InChI=1S/C23H38N4O5SSi/c1-22(2,3)32-20(29)25-23(13-18-27(19(23)28)17(14-24)15-33-18)16-7-9-26(10-8-16)21(30)31-11-12-34(4,5)6/h16-18H,7-13,15H2,1-6H3,(H,25,29)/t17-,18+,23+/m1/s1. The van der Waals surface area contributed by atoms with Crippen LogP contribution >= 0.6 is 11.8 Å². The molecule has 3 saturated heterocycles. The van der Waals surface area contributed by atoms with E-state index in [9.17, 15) is 19.6 Å². The Morgan fingerprint density at radius 3 is 2.47 bits per heavy atom. The van der Waals surface area contributed by atoms with E-state index in [-0.39, 0.29) is 23.3 Å². The Hall–Kier alpha value is -1.93. The maximum atomic E-state index is 13.7. The molecule has 34 heavy (non-hydrogen) atoms. The van der Waals surface area contributed by atoms with Crippen LogP contribution in [0.5, 0.6) is 0 Å². The Labute approximate surface area is 207 Å². The highest BCUT2D eigenvalue weighted by molar-refractivity contribution is 8.00. The molecule has 1 N–H and O–H groups in total. The molecule has 0 unspecified atom stereocenters. The third kappa shape index (κ3) is 6.00. The Bertz CT molecular complexity index is 844. The molecule has 190 valence electrons.